The molecule has 2 heterocycles. The summed E-state index contributed by atoms with van der Waals surface area (Å²) >= 11 is 0. The summed E-state index contributed by atoms with van der Waals surface area (Å²) in [5.41, 5.74) is 1.33. The minimum atomic E-state index is -4.09. The van der Waals surface area contributed by atoms with Gasteiger partial charge in [0.2, 0.25) is 9.84 Å². The molecule has 0 aliphatic carbocycles. The fourth-order valence-electron chi connectivity index (χ4n) is 3.62. The summed E-state index contributed by atoms with van der Waals surface area (Å²) in [5, 5.41) is 5.61. The van der Waals surface area contributed by atoms with Crippen molar-refractivity contribution in [3.05, 3.63) is 83.0 Å². The summed E-state index contributed by atoms with van der Waals surface area (Å²) in [6.07, 6.45) is 0. The van der Waals surface area contributed by atoms with Gasteiger partial charge in [-0.25, -0.2) is 12.8 Å². The van der Waals surface area contributed by atoms with Crippen molar-refractivity contribution in [3.63, 3.8) is 0 Å². The van der Waals surface area contributed by atoms with E-state index in [0.717, 1.165) is 0 Å². The Bertz CT molecular complexity index is 1370. The van der Waals surface area contributed by atoms with Crippen LogP contribution >= 0.6 is 0 Å². The molecule has 0 aromatic heterocycles. The number of nitrogens with one attached hydrogen (secondary N) is 2. The van der Waals surface area contributed by atoms with Crippen LogP contribution in [0.25, 0.3) is 5.70 Å². The summed E-state index contributed by atoms with van der Waals surface area (Å²) in [6.45, 7) is 0.853. The van der Waals surface area contributed by atoms with Crippen LogP contribution < -0.4 is 20.1 Å². The van der Waals surface area contributed by atoms with Crippen molar-refractivity contribution in [1.82, 2.24) is 0 Å². The number of amides is 1. The molecule has 0 atom stereocenters. The van der Waals surface area contributed by atoms with Gasteiger partial charge in [-0.05, 0) is 42.5 Å². The Kier molecular flexibility index (Phi) is 4.82. The third-order valence-electron chi connectivity index (χ3n) is 5.06. The standard InChI is InChI=1S/C23H17FN2O5S/c24-14-5-7-15(8-6-14)26-23(27)22-21(17-3-1-2-4-20(17)32(22,28)29)25-16-9-10-18-19(13-16)31-12-11-30-18/h1-10,13,25H,11-12H2,(H,26,27). The van der Waals surface area contributed by atoms with Crippen molar-refractivity contribution in [1.29, 1.82) is 0 Å². The minimum Gasteiger partial charge on any atom is -0.486 e. The van der Waals surface area contributed by atoms with Gasteiger partial charge in [0.1, 0.15) is 19.0 Å². The first-order chi connectivity index (χ1) is 15.4. The van der Waals surface area contributed by atoms with Crippen molar-refractivity contribution in [2.45, 2.75) is 4.90 Å². The first kappa shape index (κ1) is 20.1. The largest absolute Gasteiger partial charge is 0.486 e. The van der Waals surface area contributed by atoms with Crippen molar-refractivity contribution in [3.8, 4) is 11.5 Å². The third kappa shape index (κ3) is 3.46. The molecule has 3 aromatic carbocycles. The van der Waals surface area contributed by atoms with E-state index in [-0.39, 0.29) is 16.3 Å². The maximum Gasteiger partial charge on any atom is 0.269 e. The number of rotatable bonds is 4. The maximum atomic E-state index is 13.2. The van der Waals surface area contributed by atoms with Gasteiger partial charge in [-0.2, -0.15) is 0 Å². The highest BCUT2D eigenvalue weighted by atomic mass is 32.2. The molecule has 1 amide bonds. The first-order valence-electron chi connectivity index (χ1n) is 9.76. The number of fused-ring (bicyclic) bond motifs is 2. The van der Waals surface area contributed by atoms with Crippen LogP contribution in [0.1, 0.15) is 5.56 Å². The van der Waals surface area contributed by atoms with E-state index >= 15 is 0 Å². The van der Waals surface area contributed by atoms with Gasteiger partial charge in [-0.15, -0.1) is 0 Å². The number of hydrogen-bond acceptors (Lipinski definition) is 6. The van der Waals surface area contributed by atoms with E-state index in [9.17, 15) is 17.6 Å². The molecule has 7 nitrogen and oxygen atoms in total. The number of sulfone groups is 1. The molecule has 0 fully saturated rings. The van der Waals surface area contributed by atoms with E-state index in [2.05, 4.69) is 10.6 Å². The number of halogens is 1. The van der Waals surface area contributed by atoms with Gasteiger partial charge in [0.05, 0.1) is 10.6 Å². The fraction of sp³-hybridized carbons (Fsp3) is 0.0870. The van der Waals surface area contributed by atoms with E-state index < -0.39 is 26.5 Å². The topological polar surface area (TPSA) is 93.7 Å². The zero-order valence-electron chi connectivity index (χ0n) is 16.6. The predicted molar refractivity (Wildman–Crippen MR) is 117 cm³/mol. The number of carbonyl (C=O) groups is 1. The third-order valence-corrected chi connectivity index (χ3v) is 6.92. The van der Waals surface area contributed by atoms with Crippen molar-refractivity contribution in [2.75, 3.05) is 23.8 Å². The fourth-order valence-corrected chi connectivity index (χ4v) is 5.28. The Morgan fingerprint density at radius 2 is 1.56 bits per heavy atom. The highest BCUT2D eigenvalue weighted by Gasteiger charge is 2.40. The molecule has 5 rings (SSSR count). The molecular formula is C23H17FN2O5S. The Labute approximate surface area is 183 Å². The molecule has 0 spiro atoms. The normalized spacial score (nSPS) is 15.8. The molecule has 2 aliphatic heterocycles. The summed E-state index contributed by atoms with van der Waals surface area (Å²) < 4.78 is 50.8. The second-order valence-electron chi connectivity index (χ2n) is 7.15. The van der Waals surface area contributed by atoms with Crippen LogP contribution in [-0.4, -0.2) is 27.5 Å². The lowest BCUT2D eigenvalue weighted by molar-refractivity contribution is -0.112. The van der Waals surface area contributed by atoms with Gasteiger partial charge in [0.15, 0.2) is 16.4 Å². The Morgan fingerprint density at radius 3 is 2.34 bits per heavy atom. The molecule has 0 unspecified atom stereocenters. The van der Waals surface area contributed by atoms with Gasteiger partial charge >= 0.3 is 0 Å². The molecular weight excluding hydrogens is 435 g/mol. The van der Waals surface area contributed by atoms with Gasteiger partial charge in [0, 0.05) is 23.0 Å². The highest BCUT2D eigenvalue weighted by Crippen LogP contribution is 2.41. The van der Waals surface area contributed by atoms with E-state index in [0.29, 0.717) is 36.0 Å². The van der Waals surface area contributed by atoms with Crippen molar-refractivity contribution >= 4 is 32.8 Å². The van der Waals surface area contributed by atoms with Crippen LogP contribution in [0.3, 0.4) is 0 Å². The van der Waals surface area contributed by atoms with E-state index in [1.54, 1.807) is 36.4 Å². The van der Waals surface area contributed by atoms with Gasteiger partial charge in [-0.3, -0.25) is 4.79 Å². The minimum absolute atomic E-state index is 0.0318. The average molecular weight is 452 g/mol. The monoisotopic (exact) mass is 452 g/mol. The first-order valence-corrected chi connectivity index (χ1v) is 11.2. The number of ether oxygens (including phenoxy) is 2. The smallest absolute Gasteiger partial charge is 0.269 e. The molecule has 3 aromatic rings. The van der Waals surface area contributed by atoms with E-state index in [1.807, 2.05) is 0 Å². The van der Waals surface area contributed by atoms with Crippen molar-refractivity contribution < 1.29 is 27.1 Å². The zero-order valence-corrected chi connectivity index (χ0v) is 17.4. The second-order valence-corrected chi connectivity index (χ2v) is 9.00. The van der Waals surface area contributed by atoms with Crippen LogP contribution in [0, 0.1) is 5.82 Å². The van der Waals surface area contributed by atoms with E-state index in [4.69, 9.17) is 9.47 Å². The number of hydrogen-bond donors (Lipinski definition) is 2. The molecule has 0 saturated heterocycles. The average Bonchev–Trinajstić information content (AvgIpc) is 3.02. The zero-order chi connectivity index (χ0) is 22.3. The summed E-state index contributed by atoms with van der Waals surface area (Å²) in [7, 11) is -4.09. The van der Waals surface area contributed by atoms with Gasteiger partial charge in [0.25, 0.3) is 5.91 Å². The van der Waals surface area contributed by atoms with Crippen LogP contribution in [0.4, 0.5) is 15.8 Å². The summed E-state index contributed by atoms with van der Waals surface area (Å²) in [5.74, 6) is -0.185. The van der Waals surface area contributed by atoms with Gasteiger partial charge < -0.3 is 20.1 Å². The lowest BCUT2D eigenvalue weighted by atomic mass is 10.1. The Balaban J connectivity index is 1.57. The molecule has 0 saturated carbocycles. The molecule has 9 heteroatoms. The SMILES string of the molecule is O=C(Nc1ccc(F)cc1)C1=C(Nc2ccc3c(c2)OCCO3)c2ccccc2S1(=O)=O. The van der Waals surface area contributed by atoms with Gasteiger partial charge in [-0.1, -0.05) is 18.2 Å². The lowest BCUT2D eigenvalue weighted by Crippen LogP contribution is -2.20. The molecule has 32 heavy (non-hydrogen) atoms. The number of carbonyl (C=O) groups excluding carboxylic acids is 1. The van der Waals surface area contributed by atoms with Crippen LogP contribution in [0.15, 0.2) is 76.5 Å². The van der Waals surface area contributed by atoms with Crippen molar-refractivity contribution in [2.24, 2.45) is 0 Å². The number of benzene rings is 3. The second kappa shape index (κ2) is 7.69. The molecule has 2 N–H and O–H groups in total. The summed E-state index contributed by atoms with van der Waals surface area (Å²) in [6, 6.07) is 16.6. The Morgan fingerprint density at radius 1 is 0.875 bits per heavy atom. The highest BCUT2D eigenvalue weighted by molar-refractivity contribution is 7.97. The molecule has 0 bridgehead atoms. The maximum absolute atomic E-state index is 13.2. The lowest BCUT2D eigenvalue weighted by Gasteiger charge is -2.19. The molecule has 0 radical (unpaired) electrons. The van der Waals surface area contributed by atoms with Crippen LogP contribution in [-0.2, 0) is 14.6 Å². The molecule has 162 valence electrons. The van der Waals surface area contributed by atoms with Crippen LogP contribution in [0.5, 0.6) is 11.5 Å². The predicted octanol–water partition coefficient (Wildman–Crippen LogP) is 3.80. The Hall–Kier alpha value is -3.85. The molecule has 2 aliphatic rings. The van der Waals surface area contributed by atoms with Crippen LogP contribution in [0.2, 0.25) is 0 Å². The van der Waals surface area contributed by atoms with E-state index in [1.165, 1.54) is 30.3 Å². The quantitative estimate of drug-likeness (QED) is 0.626. The number of anilines is 2. The summed E-state index contributed by atoms with van der Waals surface area (Å²) in [4.78, 5) is 12.7.